The summed E-state index contributed by atoms with van der Waals surface area (Å²) in [6.07, 6.45) is 11.5. The summed E-state index contributed by atoms with van der Waals surface area (Å²) in [4.78, 5) is 0.254. The van der Waals surface area contributed by atoms with Gasteiger partial charge in [0.1, 0.15) is 6.10 Å². The minimum absolute atomic E-state index is 0.0496. The Labute approximate surface area is 126 Å². The average Bonchev–Trinajstić information content (AvgIpc) is 2.90. The summed E-state index contributed by atoms with van der Waals surface area (Å²) in [6, 6.07) is 0. The lowest BCUT2D eigenvalue weighted by Crippen LogP contribution is -2.23. The first-order valence-electron chi connectivity index (χ1n) is 7.80. The SMILES string of the molecule is CCCCCCCCCC[C@H](Br)[C@@H]1OC[C@@H](CO)O1. The first-order valence-corrected chi connectivity index (χ1v) is 8.71. The molecule has 1 aliphatic rings. The van der Waals surface area contributed by atoms with E-state index in [1.54, 1.807) is 0 Å². The second-order valence-electron chi connectivity index (χ2n) is 5.42. The summed E-state index contributed by atoms with van der Waals surface area (Å²) in [6.45, 7) is 2.82. The van der Waals surface area contributed by atoms with Crippen molar-refractivity contribution in [2.45, 2.75) is 81.9 Å². The third kappa shape index (κ3) is 7.64. The number of ether oxygens (including phenoxy) is 2. The van der Waals surface area contributed by atoms with Crippen molar-refractivity contribution < 1.29 is 14.6 Å². The summed E-state index contributed by atoms with van der Waals surface area (Å²) in [5.74, 6) is 0. The number of aliphatic hydroxyl groups excluding tert-OH is 1. The van der Waals surface area contributed by atoms with E-state index >= 15 is 0 Å². The van der Waals surface area contributed by atoms with Gasteiger partial charge < -0.3 is 14.6 Å². The first kappa shape index (κ1) is 17.4. The number of aliphatic hydroxyl groups is 1. The van der Waals surface area contributed by atoms with Crippen molar-refractivity contribution in [2.75, 3.05) is 13.2 Å². The fourth-order valence-electron chi connectivity index (χ4n) is 2.37. The van der Waals surface area contributed by atoms with Crippen LogP contribution in [0.3, 0.4) is 0 Å². The molecule has 0 bridgehead atoms. The van der Waals surface area contributed by atoms with Crippen LogP contribution in [-0.2, 0) is 9.47 Å². The van der Waals surface area contributed by atoms with Crippen LogP contribution in [0.25, 0.3) is 0 Å². The maximum atomic E-state index is 8.98. The van der Waals surface area contributed by atoms with Crippen LogP contribution in [0.1, 0.15) is 64.7 Å². The highest BCUT2D eigenvalue weighted by Crippen LogP contribution is 2.24. The zero-order valence-corrected chi connectivity index (χ0v) is 13.7. The number of unbranched alkanes of at least 4 members (excludes halogenated alkanes) is 7. The smallest absolute Gasteiger partial charge is 0.170 e. The second-order valence-corrected chi connectivity index (χ2v) is 6.60. The standard InChI is InChI=1S/C15H29BrO3/c1-2-3-4-5-6-7-8-9-10-14(16)15-18-12-13(11-17)19-15/h13-15,17H,2-12H2,1H3/t13-,14+,15-/m1/s1. The van der Waals surface area contributed by atoms with Crippen molar-refractivity contribution >= 4 is 15.9 Å². The molecular formula is C15H29BrO3. The summed E-state index contributed by atoms with van der Waals surface area (Å²) in [5, 5.41) is 8.98. The Balaban J connectivity index is 1.91. The molecule has 1 N–H and O–H groups in total. The Morgan fingerprint density at radius 2 is 1.74 bits per heavy atom. The fourth-order valence-corrected chi connectivity index (χ4v) is 2.97. The van der Waals surface area contributed by atoms with Crippen LogP contribution >= 0.6 is 15.9 Å². The lowest BCUT2D eigenvalue weighted by Gasteiger charge is -2.16. The van der Waals surface area contributed by atoms with Crippen molar-refractivity contribution in [3.05, 3.63) is 0 Å². The van der Waals surface area contributed by atoms with Gasteiger partial charge in [-0.3, -0.25) is 0 Å². The van der Waals surface area contributed by atoms with E-state index in [2.05, 4.69) is 22.9 Å². The van der Waals surface area contributed by atoms with Gasteiger partial charge in [0.05, 0.1) is 18.0 Å². The molecule has 1 heterocycles. The van der Waals surface area contributed by atoms with Crippen LogP contribution in [0.5, 0.6) is 0 Å². The molecule has 0 aromatic heterocycles. The molecule has 3 nitrogen and oxygen atoms in total. The maximum absolute atomic E-state index is 8.98. The third-order valence-electron chi connectivity index (χ3n) is 3.61. The van der Waals surface area contributed by atoms with E-state index in [0.29, 0.717) is 6.61 Å². The van der Waals surface area contributed by atoms with Gasteiger partial charge in [-0.05, 0) is 6.42 Å². The van der Waals surface area contributed by atoms with Crippen molar-refractivity contribution in [3.63, 3.8) is 0 Å². The maximum Gasteiger partial charge on any atom is 0.170 e. The molecule has 0 aromatic rings. The predicted molar refractivity (Wildman–Crippen MR) is 81.6 cm³/mol. The van der Waals surface area contributed by atoms with E-state index < -0.39 is 0 Å². The van der Waals surface area contributed by atoms with Gasteiger partial charge in [-0.1, -0.05) is 74.2 Å². The quantitative estimate of drug-likeness (QED) is 0.457. The molecule has 0 spiro atoms. The van der Waals surface area contributed by atoms with Crippen molar-refractivity contribution in [1.82, 2.24) is 0 Å². The van der Waals surface area contributed by atoms with Gasteiger partial charge in [0.15, 0.2) is 6.29 Å². The highest BCUT2D eigenvalue weighted by molar-refractivity contribution is 9.09. The highest BCUT2D eigenvalue weighted by atomic mass is 79.9. The Bertz CT molecular complexity index is 214. The third-order valence-corrected chi connectivity index (χ3v) is 4.49. The number of halogens is 1. The fraction of sp³-hybridized carbons (Fsp3) is 1.00. The Kier molecular flexibility index (Phi) is 10.1. The minimum Gasteiger partial charge on any atom is -0.394 e. The van der Waals surface area contributed by atoms with Crippen LogP contribution in [-0.4, -0.2) is 35.5 Å². The van der Waals surface area contributed by atoms with E-state index in [1.165, 1.54) is 51.4 Å². The normalized spacial score (nSPS) is 24.8. The van der Waals surface area contributed by atoms with E-state index in [0.717, 1.165) is 6.42 Å². The zero-order valence-electron chi connectivity index (χ0n) is 12.2. The lowest BCUT2D eigenvalue weighted by molar-refractivity contribution is -0.0646. The molecule has 3 atom stereocenters. The van der Waals surface area contributed by atoms with Crippen LogP contribution in [0.2, 0.25) is 0 Å². The zero-order chi connectivity index (χ0) is 13.9. The molecule has 1 saturated heterocycles. The number of hydrogen-bond acceptors (Lipinski definition) is 3. The number of alkyl halides is 1. The van der Waals surface area contributed by atoms with E-state index in [1.807, 2.05) is 0 Å². The molecule has 0 aromatic carbocycles. The second kappa shape index (κ2) is 11.1. The molecule has 1 aliphatic heterocycles. The minimum atomic E-state index is -0.179. The van der Waals surface area contributed by atoms with Gasteiger partial charge in [-0.2, -0.15) is 0 Å². The van der Waals surface area contributed by atoms with Gasteiger partial charge in [-0.25, -0.2) is 0 Å². The van der Waals surface area contributed by atoms with Crippen molar-refractivity contribution in [3.8, 4) is 0 Å². The summed E-state index contributed by atoms with van der Waals surface area (Å²) in [5.41, 5.74) is 0. The van der Waals surface area contributed by atoms with Gasteiger partial charge in [0, 0.05) is 0 Å². The summed E-state index contributed by atoms with van der Waals surface area (Å²) >= 11 is 3.63. The van der Waals surface area contributed by atoms with E-state index in [9.17, 15) is 0 Å². The molecule has 19 heavy (non-hydrogen) atoms. The lowest BCUT2D eigenvalue weighted by atomic mass is 10.1. The van der Waals surface area contributed by atoms with Crippen LogP contribution in [0, 0.1) is 0 Å². The molecule has 0 saturated carbocycles. The molecular weight excluding hydrogens is 308 g/mol. The Hall–Kier alpha value is 0.360. The van der Waals surface area contributed by atoms with Crippen molar-refractivity contribution in [2.24, 2.45) is 0 Å². The topological polar surface area (TPSA) is 38.7 Å². The molecule has 0 radical (unpaired) electrons. The number of hydrogen-bond donors (Lipinski definition) is 1. The van der Waals surface area contributed by atoms with Crippen LogP contribution in [0.4, 0.5) is 0 Å². The van der Waals surface area contributed by atoms with Gasteiger partial charge in [0.2, 0.25) is 0 Å². The molecule has 1 rings (SSSR count). The largest absolute Gasteiger partial charge is 0.394 e. The Morgan fingerprint density at radius 3 is 2.32 bits per heavy atom. The highest BCUT2D eigenvalue weighted by Gasteiger charge is 2.30. The Morgan fingerprint density at radius 1 is 1.11 bits per heavy atom. The van der Waals surface area contributed by atoms with Gasteiger partial charge >= 0.3 is 0 Å². The predicted octanol–water partition coefficient (Wildman–Crippen LogP) is 4.01. The molecule has 114 valence electrons. The molecule has 0 unspecified atom stereocenters. The number of rotatable bonds is 11. The van der Waals surface area contributed by atoms with Crippen LogP contribution in [0.15, 0.2) is 0 Å². The molecule has 0 aliphatic carbocycles. The summed E-state index contributed by atoms with van der Waals surface area (Å²) < 4.78 is 11.1. The average molecular weight is 337 g/mol. The molecule has 4 heteroatoms. The van der Waals surface area contributed by atoms with E-state index in [-0.39, 0.29) is 23.8 Å². The monoisotopic (exact) mass is 336 g/mol. The van der Waals surface area contributed by atoms with Gasteiger partial charge in [0.25, 0.3) is 0 Å². The summed E-state index contributed by atoms with van der Waals surface area (Å²) in [7, 11) is 0. The van der Waals surface area contributed by atoms with Crippen molar-refractivity contribution in [1.29, 1.82) is 0 Å². The molecule has 0 amide bonds. The van der Waals surface area contributed by atoms with Crippen LogP contribution < -0.4 is 0 Å². The first-order chi connectivity index (χ1) is 9.27. The van der Waals surface area contributed by atoms with E-state index in [4.69, 9.17) is 14.6 Å². The molecule has 1 fully saturated rings. The van der Waals surface area contributed by atoms with Gasteiger partial charge in [-0.15, -0.1) is 0 Å².